The molecule has 0 amide bonds. The van der Waals surface area contributed by atoms with Crippen molar-refractivity contribution in [3.63, 3.8) is 0 Å². The van der Waals surface area contributed by atoms with Crippen LogP contribution in [0, 0.1) is 13.0 Å². The summed E-state index contributed by atoms with van der Waals surface area (Å²) in [5, 5.41) is 3.93. The van der Waals surface area contributed by atoms with Crippen LogP contribution in [0.25, 0.3) is 11.3 Å². The molecule has 3 rings (SSSR count). The van der Waals surface area contributed by atoms with Crippen LogP contribution >= 0.6 is 11.3 Å². The molecule has 4 nitrogen and oxygen atoms in total. The molecule has 0 unspecified atom stereocenters. The highest BCUT2D eigenvalue weighted by Crippen LogP contribution is 2.29. The molecule has 20 heavy (non-hydrogen) atoms. The van der Waals surface area contributed by atoms with Crippen molar-refractivity contribution in [3.05, 3.63) is 59.2 Å². The molecule has 0 spiro atoms. The van der Waals surface area contributed by atoms with E-state index in [9.17, 15) is 8.42 Å². The zero-order valence-corrected chi connectivity index (χ0v) is 12.3. The molecule has 0 saturated heterocycles. The fraction of sp³-hybridized carbons (Fsp3) is 0.0714. The summed E-state index contributed by atoms with van der Waals surface area (Å²) in [5.41, 5.74) is 2.57. The van der Waals surface area contributed by atoms with E-state index in [0.717, 1.165) is 11.1 Å². The number of thiophene rings is 1. The van der Waals surface area contributed by atoms with Crippen LogP contribution in [-0.4, -0.2) is 17.4 Å². The molecule has 0 atom stereocenters. The van der Waals surface area contributed by atoms with E-state index in [2.05, 4.69) is 11.1 Å². The smallest absolute Gasteiger partial charge is 0.263 e. The van der Waals surface area contributed by atoms with Crippen molar-refractivity contribution in [3.8, 4) is 11.3 Å². The van der Waals surface area contributed by atoms with Crippen molar-refractivity contribution < 1.29 is 8.42 Å². The first-order valence-corrected chi connectivity index (χ1v) is 8.26. The van der Waals surface area contributed by atoms with Gasteiger partial charge in [-0.2, -0.15) is 11.3 Å². The Balaban J connectivity index is 2.18. The van der Waals surface area contributed by atoms with Crippen LogP contribution in [0.3, 0.4) is 0 Å². The van der Waals surface area contributed by atoms with Crippen LogP contribution in [0.4, 0.5) is 0 Å². The Morgan fingerprint density at radius 1 is 1.35 bits per heavy atom. The zero-order chi connectivity index (χ0) is 14.2. The SMILES string of the molecule is Cc1cscc1-c1c[c]cn1S(=O)(=O)c1cccnc1. The van der Waals surface area contributed by atoms with Gasteiger partial charge in [-0.15, -0.1) is 0 Å². The highest BCUT2D eigenvalue weighted by molar-refractivity contribution is 7.90. The molecule has 3 heterocycles. The minimum absolute atomic E-state index is 0.165. The molecule has 0 aliphatic carbocycles. The van der Waals surface area contributed by atoms with Gasteiger partial charge in [0.05, 0.1) is 5.69 Å². The largest absolute Gasteiger partial charge is 0.269 e. The Morgan fingerprint density at radius 2 is 2.20 bits per heavy atom. The van der Waals surface area contributed by atoms with E-state index in [4.69, 9.17) is 0 Å². The molecule has 0 aliphatic rings. The molecule has 0 aromatic carbocycles. The van der Waals surface area contributed by atoms with Gasteiger partial charge in [-0.05, 0) is 36.1 Å². The van der Waals surface area contributed by atoms with Gasteiger partial charge in [-0.25, -0.2) is 12.4 Å². The summed E-state index contributed by atoms with van der Waals surface area (Å²) in [7, 11) is -3.64. The van der Waals surface area contributed by atoms with Crippen LogP contribution < -0.4 is 0 Å². The highest BCUT2D eigenvalue weighted by Gasteiger charge is 2.21. The lowest BCUT2D eigenvalue weighted by Crippen LogP contribution is -2.13. The van der Waals surface area contributed by atoms with Crippen LogP contribution in [0.15, 0.2) is 52.4 Å². The lowest BCUT2D eigenvalue weighted by Gasteiger charge is -2.10. The average molecular weight is 303 g/mol. The fourth-order valence-electron chi connectivity index (χ4n) is 1.95. The second-order valence-electron chi connectivity index (χ2n) is 4.28. The third-order valence-electron chi connectivity index (χ3n) is 2.97. The van der Waals surface area contributed by atoms with Gasteiger partial charge in [0.1, 0.15) is 4.90 Å². The summed E-state index contributed by atoms with van der Waals surface area (Å²) in [6.07, 6.45) is 4.33. The van der Waals surface area contributed by atoms with E-state index in [-0.39, 0.29) is 4.90 Å². The van der Waals surface area contributed by atoms with Gasteiger partial charge in [-0.1, -0.05) is 0 Å². The lowest BCUT2D eigenvalue weighted by molar-refractivity contribution is 0.587. The number of hydrogen-bond acceptors (Lipinski definition) is 4. The molecule has 0 bridgehead atoms. The molecule has 0 fully saturated rings. The monoisotopic (exact) mass is 303 g/mol. The van der Waals surface area contributed by atoms with Crippen molar-refractivity contribution in [2.75, 3.05) is 0 Å². The van der Waals surface area contributed by atoms with Crippen molar-refractivity contribution in [2.24, 2.45) is 0 Å². The molecular formula is C14H11N2O2S2. The molecule has 3 aromatic heterocycles. The van der Waals surface area contributed by atoms with Gasteiger partial charge in [0, 0.05) is 35.6 Å². The first kappa shape index (κ1) is 13.1. The summed E-state index contributed by atoms with van der Waals surface area (Å²) in [4.78, 5) is 4.04. The maximum atomic E-state index is 12.6. The van der Waals surface area contributed by atoms with E-state index in [0.29, 0.717) is 5.69 Å². The van der Waals surface area contributed by atoms with Crippen LogP contribution in [0.2, 0.25) is 0 Å². The molecular weight excluding hydrogens is 292 g/mol. The molecule has 3 aromatic rings. The summed E-state index contributed by atoms with van der Waals surface area (Å²) < 4.78 is 26.5. The van der Waals surface area contributed by atoms with E-state index < -0.39 is 10.0 Å². The molecule has 101 valence electrons. The van der Waals surface area contributed by atoms with Gasteiger partial charge < -0.3 is 0 Å². The summed E-state index contributed by atoms with van der Waals surface area (Å²) in [6.45, 7) is 1.96. The molecule has 0 saturated carbocycles. The topological polar surface area (TPSA) is 52.0 Å². The normalized spacial score (nSPS) is 11.7. The third-order valence-corrected chi connectivity index (χ3v) is 5.49. The number of pyridine rings is 1. The maximum Gasteiger partial charge on any atom is 0.269 e. The first-order chi connectivity index (χ1) is 9.60. The fourth-order valence-corrected chi connectivity index (χ4v) is 4.07. The maximum absolute atomic E-state index is 12.6. The van der Waals surface area contributed by atoms with Crippen LogP contribution in [0.1, 0.15) is 5.56 Å². The summed E-state index contributed by atoms with van der Waals surface area (Å²) >= 11 is 1.55. The zero-order valence-electron chi connectivity index (χ0n) is 10.6. The average Bonchev–Trinajstić information content (AvgIpc) is 3.08. The molecule has 6 heteroatoms. The van der Waals surface area contributed by atoms with Gasteiger partial charge in [0.15, 0.2) is 0 Å². The van der Waals surface area contributed by atoms with E-state index in [1.54, 1.807) is 29.7 Å². The van der Waals surface area contributed by atoms with Crippen molar-refractivity contribution in [1.82, 2.24) is 8.96 Å². The number of rotatable bonds is 3. The van der Waals surface area contributed by atoms with E-state index in [1.165, 1.54) is 22.4 Å². The number of nitrogens with zero attached hydrogens (tertiary/aromatic N) is 2. The minimum atomic E-state index is -3.64. The minimum Gasteiger partial charge on any atom is -0.263 e. The Labute approximate surface area is 121 Å². The second kappa shape index (κ2) is 4.88. The molecule has 0 N–H and O–H groups in total. The number of aryl methyl sites for hydroxylation is 1. The first-order valence-electron chi connectivity index (χ1n) is 5.88. The van der Waals surface area contributed by atoms with Gasteiger partial charge in [0.25, 0.3) is 10.0 Å². The van der Waals surface area contributed by atoms with Crippen LogP contribution in [0.5, 0.6) is 0 Å². The van der Waals surface area contributed by atoms with Crippen molar-refractivity contribution >= 4 is 21.4 Å². The summed E-state index contributed by atoms with van der Waals surface area (Å²) in [5.74, 6) is 0. The predicted octanol–water partition coefficient (Wildman–Crippen LogP) is 2.96. The lowest BCUT2D eigenvalue weighted by atomic mass is 10.2. The second-order valence-corrected chi connectivity index (χ2v) is 6.84. The summed E-state index contributed by atoms with van der Waals surface area (Å²) in [6, 6.07) is 7.68. The van der Waals surface area contributed by atoms with Gasteiger partial charge >= 0.3 is 0 Å². The number of hydrogen-bond donors (Lipinski definition) is 0. The van der Waals surface area contributed by atoms with Gasteiger partial charge in [-0.3, -0.25) is 4.98 Å². The predicted molar refractivity (Wildman–Crippen MR) is 78.1 cm³/mol. The van der Waals surface area contributed by atoms with E-state index in [1.807, 2.05) is 17.7 Å². The highest BCUT2D eigenvalue weighted by atomic mass is 32.2. The molecule has 0 aliphatic heterocycles. The third kappa shape index (κ3) is 2.07. The van der Waals surface area contributed by atoms with Crippen molar-refractivity contribution in [2.45, 2.75) is 11.8 Å². The van der Waals surface area contributed by atoms with Gasteiger partial charge in [0.2, 0.25) is 0 Å². The Kier molecular flexibility index (Phi) is 3.19. The quantitative estimate of drug-likeness (QED) is 0.747. The standard InChI is InChI=1S/C14H11N2O2S2/c1-11-9-19-10-13(11)14-5-3-7-16(14)20(17,18)12-4-2-6-15-8-12/h2,4-10H,1H3. The Hall–Kier alpha value is -1.92. The van der Waals surface area contributed by atoms with E-state index >= 15 is 0 Å². The Morgan fingerprint density at radius 3 is 2.85 bits per heavy atom. The Bertz CT molecular complexity index is 833. The van der Waals surface area contributed by atoms with Crippen molar-refractivity contribution in [1.29, 1.82) is 0 Å². The molecule has 1 radical (unpaired) electrons. The number of aromatic nitrogens is 2. The van der Waals surface area contributed by atoms with Crippen LogP contribution in [-0.2, 0) is 10.0 Å².